The van der Waals surface area contributed by atoms with E-state index in [0.29, 0.717) is 14.9 Å². The second-order valence-corrected chi connectivity index (χ2v) is 6.97. The lowest BCUT2D eigenvalue weighted by molar-refractivity contribution is 0.678. The summed E-state index contributed by atoms with van der Waals surface area (Å²) in [7, 11) is -2.27. The maximum absolute atomic E-state index is 11.6. The second kappa shape index (κ2) is 3.36. The van der Waals surface area contributed by atoms with E-state index in [-0.39, 0.29) is 0 Å². The van der Waals surface area contributed by atoms with Gasteiger partial charge in [0.05, 0.1) is 5.02 Å². The average molecular weight is 225 g/mol. The van der Waals surface area contributed by atoms with Gasteiger partial charge in [-0.05, 0) is 30.7 Å². The van der Waals surface area contributed by atoms with Crippen LogP contribution in [0, 0.1) is 0 Å². The predicted octanol–water partition coefficient (Wildman–Crippen LogP) is 2.63. The van der Waals surface area contributed by atoms with Crippen molar-refractivity contribution in [2.24, 2.45) is 0 Å². The molecule has 0 fully saturated rings. The van der Waals surface area contributed by atoms with E-state index < -0.39 is 9.93 Å². The lowest BCUT2D eigenvalue weighted by atomic mass is 10.4. The number of rotatable bonds is 1. The number of benzene rings is 1. The summed E-state index contributed by atoms with van der Waals surface area (Å²) in [5, 5.41) is 1.05. The molecule has 68 valence electrons. The summed E-state index contributed by atoms with van der Waals surface area (Å²) >= 11 is 11.6. The fraction of sp³-hybridized carbons (Fsp3) is 0.250. The molecule has 0 heterocycles. The Bertz CT molecular complexity index is 343. The van der Waals surface area contributed by atoms with Crippen LogP contribution in [0.5, 0.6) is 0 Å². The quantitative estimate of drug-likeness (QED) is 0.727. The van der Waals surface area contributed by atoms with Crippen LogP contribution in [0.15, 0.2) is 23.1 Å². The maximum Gasteiger partial charge on any atom is 0.0562 e. The van der Waals surface area contributed by atoms with Gasteiger partial charge < -0.3 is 0 Å². The molecule has 0 atom stereocenters. The van der Waals surface area contributed by atoms with E-state index in [1.54, 1.807) is 30.7 Å². The van der Waals surface area contributed by atoms with E-state index in [1.165, 1.54) is 0 Å². The fourth-order valence-electron chi connectivity index (χ4n) is 0.918. The van der Waals surface area contributed by atoms with Crippen LogP contribution < -0.4 is 0 Å². The molecule has 0 amide bonds. The van der Waals surface area contributed by atoms with Crippen molar-refractivity contribution in [3.63, 3.8) is 0 Å². The Morgan fingerprint density at radius 3 is 2.25 bits per heavy atom. The summed E-state index contributed by atoms with van der Waals surface area (Å²) in [6, 6.07) is 5.02. The topological polar surface area (TPSA) is 17.1 Å². The predicted molar refractivity (Wildman–Crippen MR) is 56.1 cm³/mol. The molecule has 0 aliphatic rings. The Morgan fingerprint density at radius 1 is 1.25 bits per heavy atom. The monoisotopic (exact) mass is 224 g/mol. The molecule has 0 bridgehead atoms. The van der Waals surface area contributed by atoms with E-state index in [9.17, 15) is 4.21 Å². The van der Waals surface area contributed by atoms with Crippen LogP contribution in [0.25, 0.3) is 0 Å². The Hall–Kier alpha value is -0.0500. The van der Waals surface area contributed by atoms with Crippen LogP contribution >= 0.6 is 23.2 Å². The highest BCUT2D eigenvalue weighted by atomic mass is 35.5. The third-order valence-electron chi connectivity index (χ3n) is 1.49. The number of thiol groups is 1. The third kappa shape index (κ3) is 2.22. The molecule has 0 aliphatic carbocycles. The Kier molecular flexibility index (Phi) is 2.81. The normalized spacial score (nSPS) is 13.0. The van der Waals surface area contributed by atoms with Gasteiger partial charge in [-0.1, -0.05) is 33.1 Å². The first-order valence-electron chi connectivity index (χ1n) is 3.42. The first kappa shape index (κ1) is 10.0. The van der Waals surface area contributed by atoms with E-state index in [1.807, 2.05) is 0 Å². The molecule has 0 unspecified atom stereocenters. The number of hydrogen-bond donors (Lipinski definition) is 1. The van der Waals surface area contributed by atoms with Gasteiger partial charge in [-0.2, -0.15) is 0 Å². The summed E-state index contributed by atoms with van der Waals surface area (Å²) < 4.78 is 11.6. The van der Waals surface area contributed by atoms with Crippen molar-refractivity contribution >= 4 is 33.1 Å². The van der Waals surface area contributed by atoms with Crippen LogP contribution in [0.1, 0.15) is 0 Å². The summed E-state index contributed by atoms with van der Waals surface area (Å²) in [5.41, 5.74) is 0. The Morgan fingerprint density at radius 2 is 1.83 bits per heavy atom. The zero-order valence-electron chi connectivity index (χ0n) is 6.84. The van der Waals surface area contributed by atoms with Crippen LogP contribution in [0.2, 0.25) is 10.0 Å². The molecular weight excluding hydrogens is 215 g/mol. The average Bonchev–Trinajstić information content (AvgIpc) is 1.83. The molecule has 0 spiro atoms. The van der Waals surface area contributed by atoms with Gasteiger partial charge in [0.15, 0.2) is 0 Å². The maximum atomic E-state index is 11.6. The zero-order chi connectivity index (χ0) is 9.35. The minimum absolute atomic E-state index is 0.482. The molecule has 0 aromatic heterocycles. The molecular formula is C8H10Cl2OS. The summed E-state index contributed by atoms with van der Waals surface area (Å²) in [6.45, 7) is 0. The van der Waals surface area contributed by atoms with Crippen molar-refractivity contribution in [3.05, 3.63) is 28.2 Å². The summed E-state index contributed by atoms with van der Waals surface area (Å²) in [5.74, 6) is 0. The van der Waals surface area contributed by atoms with E-state index >= 15 is 0 Å². The lowest BCUT2D eigenvalue weighted by Gasteiger charge is -2.13. The number of halogens is 2. The van der Waals surface area contributed by atoms with E-state index in [4.69, 9.17) is 23.2 Å². The molecule has 0 N–H and O–H groups in total. The minimum atomic E-state index is -2.27. The second-order valence-electron chi connectivity index (χ2n) is 2.95. The van der Waals surface area contributed by atoms with Gasteiger partial charge in [0, 0.05) is 9.92 Å². The molecule has 1 aromatic rings. The van der Waals surface area contributed by atoms with Crippen molar-refractivity contribution < 1.29 is 4.21 Å². The molecule has 0 radical (unpaired) electrons. The molecule has 0 aliphatic heterocycles. The molecule has 0 saturated heterocycles. The summed E-state index contributed by atoms with van der Waals surface area (Å²) in [6.07, 6.45) is 3.37. The minimum Gasteiger partial charge on any atom is -0.281 e. The van der Waals surface area contributed by atoms with Crippen molar-refractivity contribution in [2.45, 2.75) is 4.90 Å². The molecule has 4 heteroatoms. The molecule has 1 nitrogen and oxygen atoms in total. The molecule has 1 rings (SSSR count). The van der Waals surface area contributed by atoms with Crippen LogP contribution in [0.4, 0.5) is 0 Å². The van der Waals surface area contributed by atoms with Gasteiger partial charge in [-0.15, -0.1) is 0 Å². The van der Waals surface area contributed by atoms with Crippen molar-refractivity contribution in [3.8, 4) is 0 Å². The van der Waals surface area contributed by atoms with E-state index in [2.05, 4.69) is 0 Å². The van der Waals surface area contributed by atoms with Crippen LogP contribution in [-0.4, -0.2) is 16.7 Å². The first-order valence-corrected chi connectivity index (χ1v) is 6.77. The van der Waals surface area contributed by atoms with Gasteiger partial charge in [0.2, 0.25) is 0 Å². The summed E-state index contributed by atoms with van der Waals surface area (Å²) in [4.78, 5) is 0.688. The molecule has 1 aromatic carbocycles. The number of hydrogen-bond acceptors (Lipinski definition) is 1. The van der Waals surface area contributed by atoms with Crippen molar-refractivity contribution in [2.75, 3.05) is 12.5 Å². The van der Waals surface area contributed by atoms with Crippen molar-refractivity contribution in [1.29, 1.82) is 0 Å². The van der Waals surface area contributed by atoms with E-state index in [0.717, 1.165) is 0 Å². The largest absolute Gasteiger partial charge is 0.281 e. The van der Waals surface area contributed by atoms with Crippen LogP contribution in [0.3, 0.4) is 0 Å². The third-order valence-corrected chi connectivity index (χ3v) is 3.72. The molecule has 12 heavy (non-hydrogen) atoms. The lowest BCUT2D eigenvalue weighted by Crippen LogP contribution is -2.06. The Balaban J connectivity index is 3.28. The Labute approximate surface area is 83.1 Å². The first-order chi connectivity index (χ1) is 5.41. The van der Waals surface area contributed by atoms with Gasteiger partial charge in [-0.3, -0.25) is 4.21 Å². The van der Waals surface area contributed by atoms with Gasteiger partial charge >= 0.3 is 0 Å². The molecule has 0 saturated carbocycles. The highest BCUT2D eigenvalue weighted by molar-refractivity contribution is 8.01. The SMILES string of the molecule is C[SH](C)(=O)c1ccc(Cl)cc1Cl. The van der Waals surface area contributed by atoms with Gasteiger partial charge in [0.1, 0.15) is 0 Å². The highest BCUT2D eigenvalue weighted by Gasteiger charge is 2.09. The smallest absolute Gasteiger partial charge is 0.0562 e. The van der Waals surface area contributed by atoms with Gasteiger partial charge in [0.25, 0.3) is 0 Å². The van der Waals surface area contributed by atoms with Crippen LogP contribution in [-0.2, 0) is 9.93 Å². The highest BCUT2D eigenvalue weighted by Crippen LogP contribution is 2.26. The van der Waals surface area contributed by atoms with Gasteiger partial charge in [-0.25, -0.2) is 0 Å². The fourth-order valence-corrected chi connectivity index (χ4v) is 2.95. The zero-order valence-corrected chi connectivity index (χ0v) is 9.25. The standard InChI is InChI=1S/C8H10Cl2OS/c1-12(2,11)8-4-3-6(9)5-7(8)10/h3-5,12H,1-2H3. The van der Waals surface area contributed by atoms with Crippen molar-refractivity contribution in [1.82, 2.24) is 0 Å².